The minimum absolute atomic E-state index is 0.0617. The smallest absolute Gasteiger partial charge is 0.422 e. The lowest BCUT2D eigenvalue weighted by molar-refractivity contribution is -0.154. The standard InChI is InChI=1S/C20H23F3N4O2/c1-24-19(25-8-6-14-2-4-17-16(10-14)7-9-28-17)27-12-15-3-5-18(26-11-15)29-13-20(21,22)23/h2-5,10-11H,6-9,12-13H2,1H3,(H2,24,25,27). The summed E-state index contributed by atoms with van der Waals surface area (Å²) in [5, 5.41) is 6.39. The molecular weight excluding hydrogens is 385 g/mol. The van der Waals surface area contributed by atoms with Gasteiger partial charge in [0.2, 0.25) is 5.88 Å². The number of nitrogens with zero attached hydrogens (tertiary/aromatic N) is 2. The summed E-state index contributed by atoms with van der Waals surface area (Å²) in [6, 6.07) is 9.33. The van der Waals surface area contributed by atoms with Gasteiger partial charge >= 0.3 is 6.18 Å². The van der Waals surface area contributed by atoms with Gasteiger partial charge in [-0.25, -0.2) is 4.98 Å². The Bertz CT molecular complexity index is 839. The van der Waals surface area contributed by atoms with Crippen LogP contribution in [0.25, 0.3) is 0 Å². The molecule has 0 radical (unpaired) electrons. The molecule has 156 valence electrons. The molecule has 0 bridgehead atoms. The Balaban J connectivity index is 1.41. The van der Waals surface area contributed by atoms with Gasteiger partial charge in [-0.15, -0.1) is 0 Å². The average Bonchev–Trinajstić information content (AvgIpc) is 3.17. The van der Waals surface area contributed by atoms with Gasteiger partial charge in [-0.1, -0.05) is 18.2 Å². The first-order valence-corrected chi connectivity index (χ1v) is 9.26. The Morgan fingerprint density at radius 3 is 2.76 bits per heavy atom. The van der Waals surface area contributed by atoms with Crippen molar-refractivity contribution in [1.29, 1.82) is 0 Å². The van der Waals surface area contributed by atoms with Crippen molar-refractivity contribution in [2.24, 2.45) is 4.99 Å². The summed E-state index contributed by atoms with van der Waals surface area (Å²) in [4.78, 5) is 8.05. The third kappa shape index (κ3) is 6.55. The SMILES string of the molecule is CN=C(NCCc1ccc2c(c1)CCO2)NCc1ccc(OCC(F)(F)F)nc1. The van der Waals surface area contributed by atoms with Crippen LogP contribution in [-0.2, 0) is 19.4 Å². The molecule has 2 heterocycles. The number of pyridine rings is 1. The van der Waals surface area contributed by atoms with Crippen molar-refractivity contribution >= 4 is 5.96 Å². The van der Waals surface area contributed by atoms with Gasteiger partial charge < -0.3 is 20.1 Å². The number of alkyl halides is 3. The largest absolute Gasteiger partial charge is 0.493 e. The van der Waals surface area contributed by atoms with E-state index in [0.29, 0.717) is 19.0 Å². The second-order valence-corrected chi connectivity index (χ2v) is 6.55. The Labute approximate surface area is 167 Å². The zero-order valence-electron chi connectivity index (χ0n) is 16.1. The fourth-order valence-corrected chi connectivity index (χ4v) is 2.88. The van der Waals surface area contributed by atoms with Crippen molar-refractivity contribution in [1.82, 2.24) is 15.6 Å². The number of aromatic nitrogens is 1. The molecule has 0 aliphatic carbocycles. The topological polar surface area (TPSA) is 67.8 Å². The van der Waals surface area contributed by atoms with Crippen LogP contribution in [0, 0.1) is 0 Å². The van der Waals surface area contributed by atoms with Crippen molar-refractivity contribution in [3.8, 4) is 11.6 Å². The number of hydrogen-bond acceptors (Lipinski definition) is 4. The van der Waals surface area contributed by atoms with Gasteiger partial charge in [0.1, 0.15) is 5.75 Å². The molecule has 1 aliphatic heterocycles. The van der Waals surface area contributed by atoms with Crippen LogP contribution in [0.4, 0.5) is 13.2 Å². The number of nitrogens with one attached hydrogen (secondary N) is 2. The molecule has 9 heteroatoms. The lowest BCUT2D eigenvalue weighted by Gasteiger charge is -2.13. The number of hydrogen-bond donors (Lipinski definition) is 2. The lowest BCUT2D eigenvalue weighted by atomic mass is 10.1. The molecule has 0 spiro atoms. The first-order valence-electron chi connectivity index (χ1n) is 9.26. The number of aliphatic imine (C=N–C) groups is 1. The third-order valence-corrected chi connectivity index (χ3v) is 4.32. The summed E-state index contributed by atoms with van der Waals surface area (Å²) >= 11 is 0. The molecule has 0 saturated heterocycles. The molecule has 0 saturated carbocycles. The van der Waals surface area contributed by atoms with Crippen LogP contribution in [-0.4, -0.2) is 43.9 Å². The normalized spacial score (nSPS) is 13.6. The van der Waals surface area contributed by atoms with E-state index in [1.165, 1.54) is 23.4 Å². The van der Waals surface area contributed by atoms with Crippen molar-refractivity contribution < 1.29 is 22.6 Å². The first kappa shape index (κ1) is 20.8. The Morgan fingerprint density at radius 1 is 1.21 bits per heavy atom. The molecule has 0 fully saturated rings. The molecule has 2 aromatic rings. The number of guanidine groups is 1. The summed E-state index contributed by atoms with van der Waals surface area (Å²) in [5.41, 5.74) is 3.28. The maximum absolute atomic E-state index is 12.1. The van der Waals surface area contributed by atoms with Gasteiger partial charge in [-0.2, -0.15) is 13.2 Å². The van der Waals surface area contributed by atoms with E-state index in [4.69, 9.17) is 4.74 Å². The van der Waals surface area contributed by atoms with E-state index in [-0.39, 0.29) is 5.88 Å². The number of halogens is 3. The monoisotopic (exact) mass is 408 g/mol. The van der Waals surface area contributed by atoms with Gasteiger partial charge in [0.05, 0.1) is 6.61 Å². The fourth-order valence-electron chi connectivity index (χ4n) is 2.88. The van der Waals surface area contributed by atoms with E-state index >= 15 is 0 Å². The van der Waals surface area contributed by atoms with Crippen LogP contribution in [0.2, 0.25) is 0 Å². The van der Waals surface area contributed by atoms with Crippen molar-refractivity contribution in [3.63, 3.8) is 0 Å². The molecule has 6 nitrogen and oxygen atoms in total. The molecule has 29 heavy (non-hydrogen) atoms. The minimum Gasteiger partial charge on any atom is -0.493 e. The summed E-state index contributed by atoms with van der Waals surface area (Å²) in [7, 11) is 1.67. The van der Waals surface area contributed by atoms with Crippen LogP contribution < -0.4 is 20.1 Å². The molecule has 0 amide bonds. The van der Waals surface area contributed by atoms with Gasteiger partial charge in [0, 0.05) is 38.8 Å². The van der Waals surface area contributed by atoms with Crippen LogP contribution in [0.15, 0.2) is 41.5 Å². The molecular formula is C20H23F3N4O2. The van der Waals surface area contributed by atoms with Crippen LogP contribution in [0.1, 0.15) is 16.7 Å². The number of fused-ring (bicyclic) bond motifs is 1. The highest BCUT2D eigenvalue weighted by Gasteiger charge is 2.28. The van der Waals surface area contributed by atoms with Crippen molar-refractivity contribution in [2.45, 2.75) is 25.6 Å². The Kier molecular flexibility index (Phi) is 6.79. The van der Waals surface area contributed by atoms with E-state index in [9.17, 15) is 13.2 Å². The quantitative estimate of drug-likeness (QED) is 0.545. The van der Waals surface area contributed by atoms with Gasteiger partial charge in [-0.05, 0) is 29.2 Å². The average molecular weight is 408 g/mol. The van der Waals surface area contributed by atoms with E-state index in [0.717, 1.165) is 30.8 Å². The molecule has 1 aromatic heterocycles. The zero-order valence-corrected chi connectivity index (χ0v) is 16.1. The Morgan fingerprint density at radius 2 is 2.03 bits per heavy atom. The van der Waals surface area contributed by atoms with E-state index < -0.39 is 12.8 Å². The van der Waals surface area contributed by atoms with Gasteiger partial charge in [0.25, 0.3) is 0 Å². The van der Waals surface area contributed by atoms with Crippen LogP contribution in [0.3, 0.4) is 0 Å². The second-order valence-electron chi connectivity index (χ2n) is 6.55. The highest BCUT2D eigenvalue weighted by molar-refractivity contribution is 5.79. The molecule has 3 rings (SSSR count). The second kappa shape index (κ2) is 9.49. The molecule has 1 aromatic carbocycles. The number of ether oxygens (including phenoxy) is 2. The van der Waals surface area contributed by atoms with E-state index in [1.54, 1.807) is 13.1 Å². The summed E-state index contributed by atoms with van der Waals surface area (Å²) in [5.74, 6) is 1.54. The summed E-state index contributed by atoms with van der Waals surface area (Å²) < 4.78 is 46.6. The predicted octanol–water partition coefficient (Wildman–Crippen LogP) is 2.87. The maximum atomic E-state index is 12.1. The van der Waals surface area contributed by atoms with Crippen molar-refractivity contribution in [2.75, 3.05) is 26.8 Å². The number of benzene rings is 1. The molecule has 0 unspecified atom stereocenters. The zero-order chi connectivity index (χ0) is 20.7. The predicted molar refractivity (Wildman–Crippen MR) is 103 cm³/mol. The highest BCUT2D eigenvalue weighted by atomic mass is 19.4. The van der Waals surface area contributed by atoms with Gasteiger partial charge in [-0.3, -0.25) is 4.99 Å². The summed E-state index contributed by atoms with van der Waals surface area (Å²) in [6.45, 7) is 0.535. The Hall–Kier alpha value is -2.97. The third-order valence-electron chi connectivity index (χ3n) is 4.32. The van der Waals surface area contributed by atoms with Crippen LogP contribution >= 0.6 is 0 Å². The highest BCUT2D eigenvalue weighted by Crippen LogP contribution is 2.25. The lowest BCUT2D eigenvalue weighted by Crippen LogP contribution is -2.37. The van der Waals surface area contributed by atoms with E-state index in [1.807, 2.05) is 6.07 Å². The maximum Gasteiger partial charge on any atom is 0.422 e. The van der Waals surface area contributed by atoms with Crippen LogP contribution in [0.5, 0.6) is 11.6 Å². The number of rotatable bonds is 7. The minimum atomic E-state index is -4.38. The fraction of sp³-hybridized carbons (Fsp3) is 0.400. The first-order chi connectivity index (χ1) is 13.9. The summed E-state index contributed by atoms with van der Waals surface area (Å²) in [6.07, 6.45) is -1.11. The van der Waals surface area contributed by atoms with E-state index in [2.05, 4.69) is 37.5 Å². The molecule has 1 aliphatic rings. The van der Waals surface area contributed by atoms with Crippen molar-refractivity contribution in [3.05, 3.63) is 53.2 Å². The molecule has 2 N–H and O–H groups in total. The van der Waals surface area contributed by atoms with Gasteiger partial charge in [0.15, 0.2) is 12.6 Å². The molecule has 0 atom stereocenters.